The highest BCUT2D eigenvalue weighted by Crippen LogP contribution is 2.34. The van der Waals surface area contributed by atoms with Gasteiger partial charge in [0, 0.05) is 25.1 Å². The van der Waals surface area contributed by atoms with Crippen LogP contribution in [0.3, 0.4) is 0 Å². The predicted octanol–water partition coefficient (Wildman–Crippen LogP) is 3.29. The zero-order valence-corrected chi connectivity index (χ0v) is 19.5. The highest BCUT2D eigenvalue weighted by molar-refractivity contribution is 5.92. The van der Waals surface area contributed by atoms with Crippen molar-refractivity contribution in [1.29, 1.82) is 0 Å². The Balaban J connectivity index is 1.88. The molecule has 1 heterocycles. The van der Waals surface area contributed by atoms with Crippen molar-refractivity contribution in [3.63, 3.8) is 0 Å². The third-order valence-electron chi connectivity index (χ3n) is 5.50. The summed E-state index contributed by atoms with van der Waals surface area (Å²) in [5, 5.41) is 13.6. The van der Waals surface area contributed by atoms with Crippen molar-refractivity contribution in [2.75, 3.05) is 20.3 Å². The first-order chi connectivity index (χ1) is 16.8. The third-order valence-corrected chi connectivity index (χ3v) is 5.50. The number of carbonyl (C=O) groups is 2. The standard InChI is InChI=1S/C26H27FN2O6/c1-3-35-26(33)21-15-29-25(32)23(24(21)31)20(17-6-10-19(34-2)11-7-17)14-22(30)28-13-12-16-4-8-18(27)9-5-16/h4-11,15,20H,3,12-14H2,1-2H3,(H,28,30)(H2,29,31,32)/t20-/m1/s1. The van der Waals surface area contributed by atoms with Crippen LogP contribution in [0, 0.1) is 5.82 Å². The van der Waals surface area contributed by atoms with Gasteiger partial charge in [-0.2, -0.15) is 0 Å². The highest BCUT2D eigenvalue weighted by atomic mass is 19.1. The summed E-state index contributed by atoms with van der Waals surface area (Å²) in [6.45, 7) is 2.01. The maximum atomic E-state index is 13.1. The quantitative estimate of drug-likeness (QED) is 0.382. The molecule has 8 nitrogen and oxygen atoms in total. The summed E-state index contributed by atoms with van der Waals surface area (Å²) in [5.41, 5.74) is 0.484. The number of hydrogen-bond acceptors (Lipinski definition) is 6. The summed E-state index contributed by atoms with van der Waals surface area (Å²) in [7, 11) is 1.51. The number of pyridine rings is 1. The van der Waals surface area contributed by atoms with Crippen LogP contribution in [-0.2, 0) is 16.0 Å². The topological polar surface area (TPSA) is 118 Å². The Morgan fingerprint density at radius 1 is 1.11 bits per heavy atom. The number of benzene rings is 2. The average Bonchev–Trinajstić information content (AvgIpc) is 2.85. The Labute approximate surface area is 201 Å². The van der Waals surface area contributed by atoms with Crippen LogP contribution in [-0.4, -0.2) is 42.2 Å². The maximum Gasteiger partial charge on any atom is 0.343 e. The average molecular weight is 483 g/mol. The summed E-state index contributed by atoms with van der Waals surface area (Å²) in [4.78, 5) is 40.3. The fourth-order valence-electron chi connectivity index (χ4n) is 3.70. The van der Waals surface area contributed by atoms with E-state index in [0.717, 1.165) is 11.8 Å². The van der Waals surface area contributed by atoms with Crippen molar-refractivity contribution in [1.82, 2.24) is 10.3 Å². The van der Waals surface area contributed by atoms with E-state index in [-0.39, 0.29) is 35.9 Å². The maximum absolute atomic E-state index is 13.1. The first-order valence-corrected chi connectivity index (χ1v) is 11.1. The Kier molecular flexibility index (Phi) is 8.61. The summed E-state index contributed by atoms with van der Waals surface area (Å²) >= 11 is 0. The molecular formula is C26H27FN2O6. The van der Waals surface area contributed by atoms with Gasteiger partial charge in [-0.25, -0.2) is 9.18 Å². The second-order valence-corrected chi connectivity index (χ2v) is 7.77. The molecule has 3 rings (SSSR count). The fourth-order valence-corrected chi connectivity index (χ4v) is 3.70. The van der Waals surface area contributed by atoms with Crippen molar-refractivity contribution < 1.29 is 28.6 Å². The van der Waals surface area contributed by atoms with Gasteiger partial charge in [0.2, 0.25) is 5.91 Å². The van der Waals surface area contributed by atoms with E-state index in [0.29, 0.717) is 24.3 Å². The molecule has 0 bridgehead atoms. The molecule has 3 N–H and O–H groups in total. The molecule has 0 aliphatic carbocycles. The van der Waals surface area contributed by atoms with Gasteiger partial charge < -0.3 is 24.9 Å². The zero-order chi connectivity index (χ0) is 25.4. The molecular weight excluding hydrogens is 455 g/mol. The number of rotatable bonds is 10. The van der Waals surface area contributed by atoms with Crippen LogP contribution in [0.4, 0.5) is 4.39 Å². The van der Waals surface area contributed by atoms with E-state index in [1.54, 1.807) is 43.3 Å². The van der Waals surface area contributed by atoms with Crippen LogP contribution < -0.4 is 15.6 Å². The molecule has 0 unspecified atom stereocenters. The molecule has 0 fully saturated rings. The molecule has 35 heavy (non-hydrogen) atoms. The molecule has 0 aliphatic rings. The van der Waals surface area contributed by atoms with Crippen LogP contribution >= 0.6 is 0 Å². The molecule has 9 heteroatoms. The minimum absolute atomic E-state index is 0.0884. The van der Waals surface area contributed by atoms with Crippen LogP contribution in [0.15, 0.2) is 59.5 Å². The molecule has 0 spiro atoms. The Morgan fingerprint density at radius 2 is 1.80 bits per heavy atom. The van der Waals surface area contributed by atoms with Crippen molar-refractivity contribution in [2.24, 2.45) is 0 Å². The first kappa shape index (κ1) is 25.5. The number of ether oxygens (including phenoxy) is 2. The van der Waals surface area contributed by atoms with E-state index in [2.05, 4.69) is 10.3 Å². The molecule has 3 aromatic rings. The largest absolute Gasteiger partial charge is 0.506 e. The number of aromatic hydroxyl groups is 1. The number of esters is 1. The number of methoxy groups -OCH3 is 1. The van der Waals surface area contributed by atoms with E-state index >= 15 is 0 Å². The molecule has 1 aromatic heterocycles. The SMILES string of the molecule is CCOC(=O)c1c[nH]c(=O)c([C@H](CC(=O)NCCc2ccc(F)cc2)c2ccc(OC)cc2)c1O. The van der Waals surface area contributed by atoms with Crippen LogP contribution in [0.2, 0.25) is 0 Å². The Morgan fingerprint density at radius 3 is 2.43 bits per heavy atom. The van der Waals surface area contributed by atoms with Gasteiger partial charge >= 0.3 is 5.97 Å². The fraction of sp³-hybridized carbons (Fsp3) is 0.269. The van der Waals surface area contributed by atoms with Gasteiger partial charge in [-0.3, -0.25) is 9.59 Å². The van der Waals surface area contributed by atoms with E-state index in [1.165, 1.54) is 19.2 Å². The third kappa shape index (κ3) is 6.47. The van der Waals surface area contributed by atoms with Crippen molar-refractivity contribution in [3.05, 3.63) is 93.2 Å². The number of amides is 1. The minimum atomic E-state index is -0.857. The lowest BCUT2D eigenvalue weighted by Crippen LogP contribution is -2.29. The van der Waals surface area contributed by atoms with Crippen LogP contribution in [0.1, 0.15) is 46.3 Å². The molecule has 184 valence electrons. The van der Waals surface area contributed by atoms with Crippen molar-refractivity contribution >= 4 is 11.9 Å². The second-order valence-electron chi connectivity index (χ2n) is 7.77. The highest BCUT2D eigenvalue weighted by Gasteiger charge is 2.28. The zero-order valence-electron chi connectivity index (χ0n) is 19.5. The molecule has 2 aromatic carbocycles. The number of halogens is 1. The van der Waals surface area contributed by atoms with E-state index in [9.17, 15) is 23.9 Å². The summed E-state index contributed by atoms with van der Waals surface area (Å²) < 4.78 is 23.2. The summed E-state index contributed by atoms with van der Waals surface area (Å²) in [6.07, 6.45) is 1.41. The van der Waals surface area contributed by atoms with Gasteiger partial charge in [0.1, 0.15) is 22.9 Å². The number of hydrogen-bond donors (Lipinski definition) is 3. The molecule has 1 atom stereocenters. The van der Waals surface area contributed by atoms with Crippen molar-refractivity contribution in [2.45, 2.75) is 25.7 Å². The minimum Gasteiger partial charge on any atom is -0.506 e. The molecule has 0 aliphatic heterocycles. The van der Waals surface area contributed by atoms with Gasteiger partial charge in [0.05, 0.1) is 19.3 Å². The summed E-state index contributed by atoms with van der Waals surface area (Å²) in [5.74, 6) is -2.31. The first-order valence-electron chi connectivity index (χ1n) is 11.1. The number of H-pyrrole nitrogens is 1. The molecule has 0 radical (unpaired) electrons. The van der Waals surface area contributed by atoms with Gasteiger partial charge in [-0.05, 0) is 48.7 Å². The van der Waals surface area contributed by atoms with Crippen LogP contribution in [0.25, 0.3) is 0 Å². The number of aromatic nitrogens is 1. The molecule has 0 saturated heterocycles. The van der Waals surface area contributed by atoms with Gasteiger partial charge in [-0.15, -0.1) is 0 Å². The second kappa shape index (κ2) is 11.8. The van der Waals surface area contributed by atoms with E-state index in [1.807, 2.05) is 0 Å². The number of aromatic amines is 1. The normalized spacial score (nSPS) is 11.5. The Hall–Kier alpha value is -4.14. The number of carbonyl (C=O) groups excluding carboxylic acids is 2. The van der Waals surface area contributed by atoms with Gasteiger partial charge in [0.25, 0.3) is 5.56 Å². The number of nitrogens with one attached hydrogen (secondary N) is 2. The lowest BCUT2D eigenvalue weighted by atomic mass is 9.87. The molecule has 0 saturated carbocycles. The predicted molar refractivity (Wildman–Crippen MR) is 127 cm³/mol. The van der Waals surface area contributed by atoms with E-state index in [4.69, 9.17) is 9.47 Å². The monoisotopic (exact) mass is 482 g/mol. The van der Waals surface area contributed by atoms with Gasteiger partial charge in [-0.1, -0.05) is 24.3 Å². The lowest BCUT2D eigenvalue weighted by Gasteiger charge is -2.19. The van der Waals surface area contributed by atoms with Crippen molar-refractivity contribution in [3.8, 4) is 11.5 Å². The lowest BCUT2D eigenvalue weighted by molar-refractivity contribution is -0.121. The smallest absolute Gasteiger partial charge is 0.343 e. The summed E-state index contributed by atoms with van der Waals surface area (Å²) in [6, 6.07) is 12.7. The Bertz CT molecular complexity index is 1220. The van der Waals surface area contributed by atoms with Crippen LogP contribution in [0.5, 0.6) is 11.5 Å². The molecule has 1 amide bonds. The van der Waals surface area contributed by atoms with E-state index < -0.39 is 23.2 Å². The van der Waals surface area contributed by atoms with Gasteiger partial charge in [0.15, 0.2) is 0 Å².